The van der Waals surface area contributed by atoms with E-state index in [4.69, 9.17) is 5.11 Å². The Kier molecular flexibility index (Phi) is 8.39. The molecule has 2 N–H and O–H groups in total. The molecule has 0 aromatic heterocycles. The fraction of sp³-hybridized carbons (Fsp3) is 0.556. The lowest BCUT2D eigenvalue weighted by molar-refractivity contribution is 0.194. The molecule has 2 heterocycles. The lowest BCUT2D eigenvalue weighted by atomic mass is 9.78. The summed E-state index contributed by atoms with van der Waals surface area (Å²) in [5, 5.41) is 12.2. The molecule has 2 saturated heterocycles. The molecule has 0 atom stereocenters. The molecule has 0 amide bonds. The summed E-state index contributed by atoms with van der Waals surface area (Å²) in [7, 11) is 0. The van der Waals surface area contributed by atoms with Crippen LogP contribution in [0, 0.1) is 17.3 Å². The van der Waals surface area contributed by atoms with Gasteiger partial charge in [-0.15, -0.1) is 24.8 Å². The number of likely N-dealkylation sites (tertiary alicyclic amines) is 1. The van der Waals surface area contributed by atoms with Crippen molar-refractivity contribution in [1.82, 2.24) is 10.2 Å². The van der Waals surface area contributed by atoms with Gasteiger partial charge in [0, 0.05) is 18.7 Å². The van der Waals surface area contributed by atoms with Crippen molar-refractivity contribution < 1.29 is 5.11 Å². The molecule has 0 bridgehead atoms. The highest BCUT2D eigenvalue weighted by Crippen LogP contribution is 2.38. The number of benzene rings is 1. The van der Waals surface area contributed by atoms with E-state index in [0.29, 0.717) is 5.41 Å². The number of aliphatic hydroxyl groups is 1. The summed E-state index contributed by atoms with van der Waals surface area (Å²) >= 11 is 0. The second-order valence-electron chi connectivity index (χ2n) is 6.37. The summed E-state index contributed by atoms with van der Waals surface area (Å²) in [5.41, 5.74) is 2.91. The van der Waals surface area contributed by atoms with Crippen molar-refractivity contribution in [3.8, 4) is 11.8 Å². The van der Waals surface area contributed by atoms with E-state index >= 15 is 0 Å². The van der Waals surface area contributed by atoms with Crippen molar-refractivity contribution >= 4 is 24.8 Å². The van der Waals surface area contributed by atoms with Crippen LogP contribution < -0.4 is 5.32 Å². The molecule has 23 heavy (non-hydrogen) atoms. The van der Waals surface area contributed by atoms with E-state index in [1.165, 1.54) is 51.0 Å². The van der Waals surface area contributed by atoms with Crippen molar-refractivity contribution in [2.24, 2.45) is 5.41 Å². The van der Waals surface area contributed by atoms with Gasteiger partial charge in [-0.25, -0.2) is 0 Å². The molecule has 2 fully saturated rings. The van der Waals surface area contributed by atoms with Gasteiger partial charge in [0.1, 0.15) is 6.61 Å². The third-order valence-corrected chi connectivity index (χ3v) is 4.85. The minimum atomic E-state index is -0.0769. The highest BCUT2D eigenvalue weighted by atomic mass is 35.5. The normalized spacial score (nSPS) is 19.3. The molecule has 128 valence electrons. The van der Waals surface area contributed by atoms with Crippen molar-refractivity contribution in [3.63, 3.8) is 0 Å². The highest BCUT2D eigenvalue weighted by Gasteiger charge is 2.38. The molecule has 1 spiro atoms. The van der Waals surface area contributed by atoms with Crippen molar-refractivity contribution in [3.05, 3.63) is 35.4 Å². The minimum absolute atomic E-state index is 0. The predicted octanol–water partition coefficient (Wildman–Crippen LogP) is 2.45. The number of halogens is 2. The van der Waals surface area contributed by atoms with Gasteiger partial charge >= 0.3 is 0 Å². The summed E-state index contributed by atoms with van der Waals surface area (Å²) in [6.07, 6.45) is 4.02. The monoisotopic (exact) mass is 356 g/mol. The van der Waals surface area contributed by atoms with Crippen molar-refractivity contribution in [1.29, 1.82) is 0 Å². The molecule has 0 aliphatic carbocycles. The molecule has 3 rings (SSSR count). The first-order chi connectivity index (χ1) is 10.3. The summed E-state index contributed by atoms with van der Waals surface area (Å²) in [5.74, 6) is 5.63. The first kappa shape index (κ1) is 20.3. The maximum atomic E-state index is 8.71. The van der Waals surface area contributed by atoms with Crippen LogP contribution >= 0.6 is 24.8 Å². The number of nitrogens with zero attached hydrogens (tertiary/aromatic N) is 1. The number of nitrogens with one attached hydrogen (secondary N) is 1. The Morgan fingerprint density at radius 3 is 2.43 bits per heavy atom. The summed E-state index contributed by atoms with van der Waals surface area (Å²) < 4.78 is 0. The summed E-state index contributed by atoms with van der Waals surface area (Å²) in [6, 6.07) is 8.42. The van der Waals surface area contributed by atoms with Crippen LogP contribution in [0.3, 0.4) is 0 Å². The standard InChI is InChI=1S/C18H24N2O.2ClH/c21-13-1-2-16-3-5-17(6-4-16)14-20-12-9-18(15-20)7-10-19-11-8-18;;/h3-6,19,21H,7-15H2;2*1H. The Labute approximate surface area is 151 Å². The van der Waals surface area contributed by atoms with E-state index in [2.05, 4.69) is 34.2 Å². The van der Waals surface area contributed by atoms with E-state index in [0.717, 1.165) is 12.1 Å². The molecule has 5 heteroatoms. The van der Waals surface area contributed by atoms with Crippen LogP contribution in [0.4, 0.5) is 0 Å². The first-order valence-corrected chi connectivity index (χ1v) is 7.91. The summed E-state index contributed by atoms with van der Waals surface area (Å²) in [4.78, 5) is 2.60. The summed E-state index contributed by atoms with van der Waals surface area (Å²) in [6.45, 7) is 5.82. The van der Waals surface area contributed by atoms with Gasteiger partial charge < -0.3 is 10.4 Å². The Morgan fingerprint density at radius 2 is 1.78 bits per heavy atom. The molecule has 2 aliphatic rings. The average molecular weight is 357 g/mol. The van der Waals surface area contributed by atoms with Gasteiger partial charge in [0.25, 0.3) is 0 Å². The Hall–Kier alpha value is -0.760. The molecule has 2 aliphatic heterocycles. The van der Waals surface area contributed by atoms with Gasteiger partial charge in [0.2, 0.25) is 0 Å². The molecular weight excluding hydrogens is 331 g/mol. The predicted molar refractivity (Wildman–Crippen MR) is 99.3 cm³/mol. The molecule has 1 aromatic carbocycles. The lowest BCUT2D eigenvalue weighted by Gasteiger charge is -2.33. The van der Waals surface area contributed by atoms with Crippen LogP contribution in [0.2, 0.25) is 0 Å². The van der Waals surface area contributed by atoms with E-state index in [-0.39, 0.29) is 31.4 Å². The molecule has 3 nitrogen and oxygen atoms in total. The third-order valence-electron chi connectivity index (χ3n) is 4.85. The van der Waals surface area contributed by atoms with E-state index in [1.54, 1.807) is 0 Å². The molecule has 0 radical (unpaired) electrons. The van der Waals surface area contributed by atoms with Crippen LogP contribution in [-0.2, 0) is 6.54 Å². The van der Waals surface area contributed by atoms with E-state index in [1.807, 2.05) is 12.1 Å². The SMILES string of the molecule is Cl.Cl.OCC#Cc1ccc(CN2CCC3(CCNCC3)C2)cc1. The van der Waals surface area contributed by atoms with Crippen LogP contribution in [0.25, 0.3) is 0 Å². The minimum Gasteiger partial charge on any atom is -0.384 e. The zero-order valence-corrected chi connectivity index (χ0v) is 15.0. The van der Waals surface area contributed by atoms with Gasteiger partial charge in [-0.3, -0.25) is 4.90 Å². The maximum absolute atomic E-state index is 8.71. The van der Waals surface area contributed by atoms with Gasteiger partial charge in [0.15, 0.2) is 0 Å². The number of hydrogen-bond acceptors (Lipinski definition) is 3. The average Bonchev–Trinajstić information content (AvgIpc) is 2.89. The van der Waals surface area contributed by atoms with Crippen molar-refractivity contribution in [2.45, 2.75) is 25.8 Å². The molecular formula is C18H26Cl2N2O. The van der Waals surface area contributed by atoms with Gasteiger partial charge in [-0.1, -0.05) is 24.0 Å². The zero-order valence-electron chi connectivity index (χ0n) is 13.4. The quantitative estimate of drug-likeness (QED) is 0.799. The van der Waals surface area contributed by atoms with E-state index < -0.39 is 0 Å². The van der Waals surface area contributed by atoms with Crippen LogP contribution in [0.5, 0.6) is 0 Å². The van der Waals surface area contributed by atoms with Gasteiger partial charge in [0.05, 0.1) is 0 Å². The van der Waals surface area contributed by atoms with Crippen LogP contribution in [0.15, 0.2) is 24.3 Å². The highest BCUT2D eigenvalue weighted by molar-refractivity contribution is 5.85. The molecule has 0 saturated carbocycles. The fourth-order valence-electron chi connectivity index (χ4n) is 3.62. The fourth-order valence-corrected chi connectivity index (χ4v) is 3.62. The zero-order chi connectivity index (χ0) is 14.5. The number of hydrogen-bond donors (Lipinski definition) is 2. The largest absolute Gasteiger partial charge is 0.384 e. The Balaban J connectivity index is 0.00000132. The van der Waals surface area contributed by atoms with Gasteiger partial charge in [-0.2, -0.15) is 0 Å². The molecule has 1 aromatic rings. The van der Waals surface area contributed by atoms with Crippen LogP contribution in [-0.4, -0.2) is 42.8 Å². The Bertz CT molecular complexity index is 530. The molecule has 0 unspecified atom stereocenters. The lowest BCUT2D eigenvalue weighted by Crippen LogP contribution is -2.38. The third kappa shape index (κ3) is 5.38. The number of rotatable bonds is 2. The number of piperidine rings is 1. The number of aliphatic hydroxyl groups excluding tert-OH is 1. The van der Waals surface area contributed by atoms with Crippen molar-refractivity contribution in [2.75, 3.05) is 32.8 Å². The topological polar surface area (TPSA) is 35.5 Å². The maximum Gasteiger partial charge on any atom is 0.104 e. The Morgan fingerprint density at radius 1 is 1.09 bits per heavy atom. The van der Waals surface area contributed by atoms with Crippen LogP contribution in [0.1, 0.15) is 30.4 Å². The first-order valence-electron chi connectivity index (χ1n) is 7.91. The van der Waals surface area contributed by atoms with E-state index in [9.17, 15) is 0 Å². The van der Waals surface area contributed by atoms with Gasteiger partial charge in [-0.05, 0) is 62.0 Å². The smallest absolute Gasteiger partial charge is 0.104 e. The second kappa shape index (κ2) is 9.52. The second-order valence-corrected chi connectivity index (χ2v) is 6.37.